The summed E-state index contributed by atoms with van der Waals surface area (Å²) in [6.07, 6.45) is 6.28. The zero-order chi connectivity index (χ0) is 15.9. The summed E-state index contributed by atoms with van der Waals surface area (Å²) in [5.41, 5.74) is 2.85. The number of amides is 1. The van der Waals surface area contributed by atoms with Crippen molar-refractivity contribution in [3.63, 3.8) is 0 Å². The maximum absolute atomic E-state index is 11.9. The molecule has 0 unspecified atom stereocenters. The van der Waals surface area contributed by atoms with Gasteiger partial charge in [-0.2, -0.15) is 0 Å². The second-order valence-corrected chi connectivity index (χ2v) is 5.84. The molecule has 3 rings (SSSR count). The third kappa shape index (κ3) is 4.43. The third-order valence-electron chi connectivity index (χ3n) is 3.28. The number of aromatic nitrogens is 3. The fourth-order valence-corrected chi connectivity index (χ4v) is 2.93. The van der Waals surface area contributed by atoms with Gasteiger partial charge in [-0.25, -0.2) is 4.98 Å². The van der Waals surface area contributed by atoms with Gasteiger partial charge in [0, 0.05) is 36.0 Å². The molecule has 0 atom stereocenters. The molecule has 23 heavy (non-hydrogen) atoms. The summed E-state index contributed by atoms with van der Waals surface area (Å²) in [5, 5.41) is 5.83. The fourth-order valence-electron chi connectivity index (χ4n) is 2.07. The lowest BCUT2D eigenvalue weighted by Crippen LogP contribution is -2.23. The molecule has 0 saturated carbocycles. The molecule has 0 aliphatic heterocycles. The van der Waals surface area contributed by atoms with Crippen molar-refractivity contribution in [3.05, 3.63) is 65.7 Å². The van der Waals surface area contributed by atoms with Crippen molar-refractivity contribution in [2.24, 2.45) is 0 Å². The van der Waals surface area contributed by atoms with Gasteiger partial charge in [-0.3, -0.25) is 14.8 Å². The van der Waals surface area contributed by atoms with Crippen molar-refractivity contribution in [1.29, 1.82) is 0 Å². The molecule has 0 bridgehead atoms. The van der Waals surface area contributed by atoms with Gasteiger partial charge in [0.05, 0.1) is 17.9 Å². The monoisotopic (exact) mass is 324 g/mol. The van der Waals surface area contributed by atoms with E-state index in [0.717, 1.165) is 22.0 Å². The van der Waals surface area contributed by atoms with Crippen molar-refractivity contribution in [1.82, 2.24) is 20.3 Å². The Labute approximate surface area is 138 Å². The number of hydrogen-bond donors (Lipinski definition) is 1. The number of carbonyl (C=O) groups excluding carboxylic acids is 1. The van der Waals surface area contributed by atoms with E-state index in [9.17, 15) is 4.79 Å². The van der Waals surface area contributed by atoms with Gasteiger partial charge in [-0.15, -0.1) is 11.3 Å². The van der Waals surface area contributed by atoms with E-state index in [0.29, 0.717) is 19.4 Å². The van der Waals surface area contributed by atoms with Crippen LogP contribution < -0.4 is 5.32 Å². The molecule has 1 N–H and O–H groups in total. The van der Waals surface area contributed by atoms with Crippen molar-refractivity contribution < 1.29 is 4.79 Å². The lowest BCUT2D eigenvalue weighted by atomic mass is 10.2. The number of nitrogens with one attached hydrogen (secondary N) is 1. The molecular weight excluding hydrogens is 308 g/mol. The molecule has 3 heterocycles. The van der Waals surface area contributed by atoms with E-state index >= 15 is 0 Å². The summed E-state index contributed by atoms with van der Waals surface area (Å²) in [5.74, 6) is 0.00844. The minimum atomic E-state index is 0.00844. The summed E-state index contributed by atoms with van der Waals surface area (Å²) in [4.78, 5) is 24.6. The van der Waals surface area contributed by atoms with Crippen molar-refractivity contribution in [2.75, 3.05) is 0 Å². The molecule has 0 fully saturated rings. The van der Waals surface area contributed by atoms with E-state index < -0.39 is 0 Å². The van der Waals surface area contributed by atoms with E-state index in [-0.39, 0.29) is 5.91 Å². The lowest BCUT2D eigenvalue weighted by molar-refractivity contribution is -0.121. The Morgan fingerprint density at radius 3 is 2.74 bits per heavy atom. The van der Waals surface area contributed by atoms with Crippen LogP contribution in [0.1, 0.15) is 17.8 Å². The van der Waals surface area contributed by atoms with Gasteiger partial charge in [0.2, 0.25) is 5.91 Å². The third-order valence-corrected chi connectivity index (χ3v) is 4.22. The fraction of sp³-hybridized carbons (Fsp3) is 0.176. The number of pyridine rings is 2. The highest BCUT2D eigenvalue weighted by atomic mass is 32.1. The van der Waals surface area contributed by atoms with Crippen LogP contribution in [0.4, 0.5) is 0 Å². The van der Waals surface area contributed by atoms with E-state index in [1.807, 2.05) is 35.7 Å². The number of thiazole rings is 1. The summed E-state index contributed by atoms with van der Waals surface area (Å²) in [6, 6.07) is 9.52. The first-order valence-corrected chi connectivity index (χ1v) is 8.20. The van der Waals surface area contributed by atoms with E-state index in [1.54, 1.807) is 29.9 Å². The molecule has 0 aliphatic rings. The summed E-state index contributed by atoms with van der Waals surface area (Å²) < 4.78 is 0. The molecule has 5 nitrogen and oxygen atoms in total. The van der Waals surface area contributed by atoms with E-state index in [1.165, 1.54) is 0 Å². The Bertz CT molecular complexity index is 759. The van der Waals surface area contributed by atoms with Gasteiger partial charge in [0.15, 0.2) is 0 Å². The van der Waals surface area contributed by atoms with Gasteiger partial charge < -0.3 is 5.32 Å². The van der Waals surface area contributed by atoms with Crippen LogP contribution >= 0.6 is 11.3 Å². The van der Waals surface area contributed by atoms with E-state index in [2.05, 4.69) is 20.3 Å². The van der Waals surface area contributed by atoms with Gasteiger partial charge in [-0.05, 0) is 30.7 Å². The van der Waals surface area contributed by atoms with Crippen molar-refractivity contribution >= 4 is 17.2 Å². The van der Waals surface area contributed by atoms with Crippen molar-refractivity contribution in [2.45, 2.75) is 19.4 Å². The van der Waals surface area contributed by atoms with Crippen LogP contribution in [-0.4, -0.2) is 20.9 Å². The zero-order valence-electron chi connectivity index (χ0n) is 12.5. The Balaban J connectivity index is 1.49. The average Bonchev–Trinajstić information content (AvgIpc) is 3.09. The molecule has 0 radical (unpaired) electrons. The summed E-state index contributed by atoms with van der Waals surface area (Å²) >= 11 is 1.58. The number of nitrogens with zero attached hydrogens (tertiary/aromatic N) is 3. The zero-order valence-corrected chi connectivity index (χ0v) is 13.3. The first-order chi connectivity index (χ1) is 11.3. The number of hydrogen-bond acceptors (Lipinski definition) is 5. The van der Waals surface area contributed by atoms with Crippen LogP contribution in [0.15, 0.2) is 54.3 Å². The van der Waals surface area contributed by atoms with Crippen LogP contribution in [-0.2, 0) is 17.8 Å². The van der Waals surface area contributed by atoms with E-state index in [4.69, 9.17) is 0 Å². The molecule has 3 aromatic heterocycles. The highest BCUT2D eigenvalue weighted by Crippen LogP contribution is 2.23. The number of aryl methyl sites for hydroxylation is 1. The van der Waals surface area contributed by atoms with Gasteiger partial charge >= 0.3 is 0 Å². The second kappa shape index (κ2) is 7.60. The molecular formula is C17H16N4OS. The number of rotatable bonds is 6. The van der Waals surface area contributed by atoms with Crippen LogP contribution in [0.3, 0.4) is 0 Å². The van der Waals surface area contributed by atoms with Crippen LogP contribution in [0.2, 0.25) is 0 Å². The molecule has 1 amide bonds. The maximum atomic E-state index is 11.9. The Hall–Kier alpha value is -2.60. The highest BCUT2D eigenvalue weighted by Gasteiger charge is 2.07. The predicted molar refractivity (Wildman–Crippen MR) is 89.7 cm³/mol. The average molecular weight is 324 g/mol. The molecule has 3 aromatic rings. The molecule has 0 spiro atoms. The maximum Gasteiger partial charge on any atom is 0.220 e. The normalized spacial score (nSPS) is 10.4. The molecule has 6 heteroatoms. The Morgan fingerprint density at radius 1 is 1.09 bits per heavy atom. The van der Waals surface area contributed by atoms with Crippen molar-refractivity contribution in [3.8, 4) is 10.6 Å². The first kappa shape index (κ1) is 15.3. The van der Waals surface area contributed by atoms with Crippen LogP contribution in [0.25, 0.3) is 10.6 Å². The minimum absolute atomic E-state index is 0.00844. The molecule has 0 saturated heterocycles. The quantitative estimate of drug-likeness (QED) is 0.757. The molecule has 0 aromatic carbocycles. The number of carbonyl (C=O) groups is 1. The topological polar surface area (TPSA) is 67.8 Å². The minimum Gasteiger partial charge on any atom is -0.350 e. The first-order valence-electron chi connectivity index (χ1n) is 7.32. The largest absolute Gasteiger partial charge is 0.350 e. The Morgan fingerprint density at radius 2 is 1.96 bits per heavy atom. The Kier molecular flexibility index (Phi) is 5.06. The smallest absolute Gasteiger partial charge is 0.220 e. The van der Waals surface area contributed by atoms with Gasteiger partial charge in [-0.1, -0.05) is 6.07 Å². The van der Waals surface area contributed by atoms with Crippen LogP contribution in [0, 0.1) is 0 Å². The predicted octanol–water partition coefficient (Wildman–Crippen LogP) is 2.85. The van der Waals surface area contributed by atoms with Gasteiger partial charge in [0.1, 0.15) is 5.01 Å². The van der Waals surface area contributed by atoms with Gasteiger partial charge in [0.25, 0.3) is 0 Å². The SMILES string of the molecule is O=C(CCc1csc(-c2ccncc2)n1)NCc1ccccn1. The van der Waals surface area contributed by atoms with Crippen LogP contribution in [0.5, 0.6) is 0 Å². The second-order valence-electron chi connectivity index (χ2n) is 4.98. The lowest BCUT2D eigenvalue weighted by Gasteiger charge is -2.03. The summed E-state index contributed by atoms with van der Waals surface area (Å²) in [7, 11) is 0. The molecule has 0 aliphatic carbocycles. The molecule has 116 valence electrons. The summed E-state index contributed by atoms with van der Waals surface area (Å²) in [6.45, 7) is 0.457. The standard InChI is InChI=1S/C17H16N4OS/c22-16(20-11-14-3-1-2-8-19-14)5-4-15-12-23-17(21-15)13-6-9-18-10-7-13/h1-3,6-10,12H,4-5,11H2,(H,20,22). The highest BCUT2D eigenvalue weighted by molar-refractivity contribution is 7.13.